The fraction of sp³-hybridized carbons (Fsp3) is 0.533. The molecule has 1 amide bonds. The average molecular weight is 246 g/mol. The smallest absolute Gasteiger partial charge is 0.227 e. The third-order valence-corrected chi connectivity index (χ3v) is 4.11. The van der Waals surface area contributed by atoms with Crippen molar-refractivity contribution in [2.75, 3.05) is 6.54 Å². The molecule has 3 nitrogen and oxygen atoms in total. The van der Waals surface area contributed by atoms with Crippen LogP contribution in [0.2, 0.25) is 0 Å². The Balaban J connectivity index is 2.01. The Labute approximate surface area is 109 Å². The molecular formula is C15H22N2O. The molecule has 0 aromatic heterocycles. The van der Waals surface area contributed by atoms with Crippen LogP contribution in [0.1, 0.15) is 43.4 Å². The number of nitrogens with one attached hydrogen (secondary N) is 1. The quantitative estimate of drug-likeness (QED) is 0.856. The molecule has 0 heterocycles. The highest BCUT2D eigenvalue weighted by Crippen LogP contribution is 2.40. The Morgan fingerprint density at radius 2 is 2.00 bits per heavy atom. The average Bonchev–Trinajstić information content (AvgIpc) is 2.29. The summed E-state index contributed by atoms with van der Waals surface area (Å²) in [4.78, 5) is 12.2. The molecule has 18 heavy (non-hydrogen) atoms. The second kappa shape index (κ2) is 5.11. The molecule has 0 saturated heterocycles. The predicted octanol–water partition coefficient (Wildman–Crippen LogP) is 2.30. The summed E-state index contributed by atoms with van der Waals surface area (Å²) in [6.07, 6.45) is 2.97. The summed E-state index contributed by atoms with van der Waals surface area (Å²) in [6, 6.07) is 8.31. The molecule has 1 fully saturated rings. The third-order valence-electron chi connectivity index (χ3n) is 4.11. The van der Waals surface area contributed by atoms with Crippen LogP contribution in [-0.4, -0.2) is 12.5 Å². The van der Waals surface area contributed by atoms with E-state index in [1.54, 1.807) is 0 Å². The molecule has 1 aromatic rings. The van der Waals surface area contributed by atoms with Crippen LogP contribution in [0.3, 0.4) is 0 Å². The van der Waals surface area contributed by atoms with Crippen molar-refractivity contribution in [3.8, 4) is 0 Å². The minimum Gasteiger partial charge on any atom is -0.349 e. The first-order valence-corrected chi connectivity index (χ1v) is 6.65. The van der Waals surface area contributed by atoms with E-state index in [1.165, 1.54) is 5.56 Å². The number of aryl methyl sites for hydroxylation is 1. The van der Waals surface area contributed by atoms with Crippen molar-refractivity contribution in [3.63, 3.8) is 0 Å². The number of amides is 1. The number of carbonyl (C=O) groups is 1. The van der Waals surface area contributed by atoms with Gasteiger partial charge in [-0.2, -0.15) is 0 Å². The second-order valence-electron chi connectivity index (χ2n) is 5.44. The number of benzene rings is 1. The highest BCUT2D eigenvalue weighted by atomic mass is 16.2. The molecule has 0 radical (unpaired) electrons. The molecule has 1 unspecified atom stereocenters. The molecule has 3 N–H and O–H groups in total. The van der Waals surface area contributed by atoms with Crippen molar-refractivity contribution in [2.24, 2.45) is 11.1 Å². The minimum atomic E-state index is -0.293. The molecule has 1 aliphatic rings. The Morgan fingerprint density at radius 1 is 1.39 bits per heavy atom. The molecular weight excluding hydrogens is 224 g/mol. The van der Waals surface area contributed by atoms with E-state index in [2.05, 4.69) is 36.5 Å². The van der Waals surface area contributed by atoms with Gasteiger partial charge in [-0.25, -0.2) is 0 Å². The zero-order valence-electron chi connectivity index (χ0n) is 11.2. The molecule has 1 aliphatic carbocycles. The fourth-order valence-electron chi connectivity index (χ4n) is 2.42. The van der Waals surface area contributed by atoms with Gasteiger partial charge in [-0.1, -0.05) is 36.2 Å². The summed E-state index contributed by atoms with van der Waals surface area (Å²) < 4.78 is 0. The lowest BCUT2D eigenvalue weighted by atomic mass is 9.68. The monoisotopic (exact) mass is 246 g/mol. The molecule has 98 valence electrons. The van der Waals surface area contributed by atoms with E-state index < -0.39 is 0 Å². The van der Waals surface area contributed by atoms with Crippen LogP contribution in [0.15, 0.2) is 24.3 Å². The number of carbonyl (C=O) groups excluding carboxylic acids is 1. The van der Waals surface area contributed by atoms with Gasteiger partial charge in [0, 0.05) is 6.54 Å². The summed E-state index contributed by atoms with van der Waals surface area (Å²) in [5.41, 5.74) is 7.82. The maximum absolute atomic E-state index is 12.2. The lowest BCUT2D eigenvalue weighted by Crippen LogP contribution is -2.50. The van der Waals surface area contributed by atoms with Crippen LogP contribution in [0.5, 0.6) is 0 Å². The van der Waals surface area contributed by atoms with Gasteiger partial charge in [0.2, 0.25) is 5.91 Å². The highest BCUT2D eigenvalue weighted by Gasteiger charge is 2.43. The summed E-state index contributed by atoms with van der Waals surface area (Å²) in [6.45, 7) is 4.54. The maximum atomic E-state index is 12.2. The summed E-state index contributed by atoms with van der Waals surface area (Å²) in [5, 5.41) is 3.09. The van der Waals surface area contributed by atoms with Gasteiger partial charge in [0.1, 0.15) is 0 Å². The normalized spacial score (nSPS) is 18.8. The van der Waals surface area contributed by atoms with Crippen molar-refractivity contribution in [3.05, 3.63) is 35.4 Å². The molecule has 3 heteroatoms. The number of hydrogen-bond donors (Lipinski definition) is 2. The van der Waals surface area contributed by atoms with Crippen molar-refractivity contribution >= 4 is 5.91 Å². The molecule has 1 aromatic carbocycles. The molecule has 0 bridgehead atoms. The summed E-state index contributed by atoms with van der Waals surface area (Å²) in [5.74, 6) is 0.115. The van der Waals surface area contributed by atoms with E-state index in [1.807, 2.05) is 6.92 Å². The molecule has 2 rings (SSSR count). The second-order valence-corrected chi connectivity index (χ2v) is 5.44. The van der Waals surface area contributed by atoms with Crippen LogP contribution < -0.4 is 11.1 Å². The standard InChI is InChI=1S/C15H22N2O/c1-11-4-6-13(7-5-11)12(2)17-14(18)15(10-16)8-3-9-15/h4-7,12H,3,8-10,16H2,1-2H3,(H,17,18). The Hall–Kier alpha value is -1.35. The summed E-state index contributed by atoms with van der Waals surface area (Å²) in [7, 11) is 0. The zero-order chi connectivity index (χ0) is 13.2. The van der Waals surface area contributed by atoms with Gasteiger partial charge in [0.15, 0.2) is 0 Å². The van der Waals surface area contributed by atoms with Gasteiger partial charge in [-0.05, 0) is 32.3 Å². The van der Waals surface area contributed by atoms with E-state index in [9.17, 15) is 4.79 Å². The number of nitrogens with two attached hydrogens (primary N) is 1. The van der Waals surface area contributed by atoms with Gasteiger partial charge in [-0.3, -0.25) is 4.79 Å². The SMILES string of the molecule is Cc1ccc(C(C)NC(=O)C2(CN)CCC2)cc1. The van der Waals surface area contributed by atoms with Gasteiger partial charge >= 0.3 is 0 Å². The maximum Gasteiger partial charge on any atom is 0.227 e. The van der Waals surface area contributed by atoms with Crippen LogP contribution in [0, 0.1) is 12.3 Å². The van der Waals surface area contributed by atoms with Crippen molar-refractivity contribution in [2.45, 2.75) is 39.2 Å². The van der Waals surface area contributed by atoms with Gasteiger partial charge in [0.05, 0.1) is 11.5 Å². The predicted molar refractivity (Wildman–Crippen MR) is 73.1 cm³/mol. The first-order chi connectivity index (χ1) is 8.57. The fourth-order valence-corrected chi connectivity index (χ4v) is 2.42. The lowest BCUT2D eigenvalue weighted by Gasteiger charge is -2.39. The molecule has 1 atom stereocenters. The molecule has 0 aliphatic heterocycles. The zero-order valence-corrected chi connectivity index (χ0v) is 11.2. The van der Waals surface area contributed by atoms with Crippen LogP contribution >= 0.6 is 0 Å². The molecule has 1 saturated carbocycles. The molecule has 0 spiro atoms. The largest absolute Gasteiger partial charge is 0.349 e. The Bertz CT molecular complexity index is 415. The lowest BCUT2D eigenvalue weighted by molar-refractivity contribution is -0.135. The van der Waals surface area contributed by atoms with Crippen molar-refractivity contribution < 1.29 is 4.79 Å². The highest BCUT2D eigenvalue weighted by molar-refractivity contribution is 5.84. The first kappa shape index (κ1) is 13.1. The Morgan fingerprint density at radius 3 is 2.44 bits per heavy atom. The van der Waals surface area contributed by atoms with Crippen molar-refractivity contribution in [1.82, 2.24) is 5.32 Å². The van der Waals surface area contributed by atoms with E-state index in [4.69, 9.17) is 5.73 Å². The van der Waals surface area contributed by atoms with Crippen LogP contribution in [-0.2, 0) is 4.79 Å². The Kier molecular flexibility index (Phi) is 3.71. The van der Waals surface area contributed by atoms with Gasteiger partial charge in [0.25, 0.3) is 0 Å². The number of rotatable bonds is 4. The third kappa shape index (κ3) is 2.41. The van der Waals surface area contributed by atoms with E-state index in [0.717, 1.165) is 24.8 Å². The van der Waals surface area contributed by atoms with Crippen molar-refractivity contribution in [1.29, 1.82) is 0 Å². The van der Waals surface area contributed by atoms with Crippen LogP contribution in [0.4, 0.5) is 0 Å². The summed E-state index contributed by atoms with van der Waals surface area (Å²) >= 11 is 0. The van der Waals surface area contributed by atoms with E-state index in [-0.39, 0.29) is 17.4 Å². The van der Waals surface area contributed by atoms with E-state index in [0.29, 0.717) is 6.54 Å². The van der Waals surface area contributed by atoms with Crippen LogP contribution in [0.25, 0.3) is 0 Å². The van der Waals surface area contributed by atoms with E-state index >= 15 is 0 Å². The van der Waals surface area contributed by atoms with Gasteiger partial charge in [-0.15, -0.1) is 0 Å². The topological polar surface area (TPSA) is 55.1 Å². The van der Waals surface area contributed by atoms with Gasteiger partial charge < -0.3 is 11.1 Å². The minimum absolute atomic E-state index is 0.0436. The number of hydrogen-bond acceptors (Lipinski definition) is 2. The first-order valence-electron chi connectivity index (χ1n) is 6.65.